The van der Waals surface area contributed by atoms with Crippen LogP contribution in [0.2, 0.25) is 10.0 Å². The number of halogens is 2. The molecule has 2 N–H and O–H groups in total. The number of aromatic amines is 1. The highest BCUT2D eigenvalue weighted by atomic mass is 35.5. The van der Waals surface area contributed by atoms with Gasteiger partial charge in [-0.3, -0.25) is 19.5 Å². The number of para-hydroxylation sites is 2. The van der Waals surface area contributed by atoms with Gasteiger partial charge in [-0.05, 0) is 54.1 Å². The summed E-state index contributed by atoms with van der Waals surface area (Å²) in [5.74, 6) is -0.389. The number of carbonyl (C=O) groups is 1. The smallest absolute Gasteiger partial charge is 0.349 e. The summed E-state index contributed by atoms with van der Waals surface area (Å²) in [6.07, 6.45) is 0.913. The fraction of sp³-hybridized carbons (Fsp3) is 0.0435. The number of H-pyrrole nitrogens is 1. The molecule has 0 aliphatic carbocycles. The van der Waals surface area contributed by atoms with Gasteiger partial charge in [0.25, 0.3) is 5.56 Å². The summed E-state index contributed by atoms with van der Waals surface area (Å²) < 4.78 is 0.956. The molecule has 4 aromatic rings. The SMILES string of the molecule is O=C(Cc1ccc(-n2ncc(=O)[nH]c2=O)c(Cl)c1)N(c1ccc(Cl)cc1)c1ccccc1O. The molecule has 0 atom stereocenters. The Kier molecular flexibility index (Phi) is 6.30. The Morgan fingerprint density at radius 2 is 1.76 bits per heavy atom. The van der Waals surface area contributed by atoms with Gasteiger partial charge in [0.2, 0.25) is 5.91 Å². The summed E-state index contributed by atoms with van der Waals surface area (Å²) in [6.45, 7) is 0. The van der Waals surface area contributed by atoms with Gasteiger partial charge >= 0.3 is 5.69 Å². The van der Waals surface area contributed by atoms with Crippen LogP contribution in [0, 0.1) is 0 Å². The zero-order chi connectivity index (χ0) is 23.5. The summed E-state index contributed by atoms with van der Waals surface area (Å²) in [5, 5.41) is 14.8. The van der Waals surface area contributed by atoms with Crippen molar-refractivity contribution >= 4 is 40.5 Å². The molecule has 0 radical (unpaired) electrons. The van der Waals surface area contributed by atoms with Crippen LogP contribution in [-0.4, -0.2) is 25.8 Å². The normalized spacial score (nSPS) is 10.7. The number of benzene rings is 3. The number of phenols is 1. The molecule has 0 saturated carbocycles. The summed E-state index contributed by atoms with van der Waals surface area (Å²) in [6, 6.07) is 17.9. The van der Waals surface area contributed by atoms with Gasteiger partial charge in [-0.25, -0.2) is 4.79 Å². The van der Waals surface area contributed by atoms with Crippen molar-refractivity contribution in [1.82, 2.24) is 14.8 Å². The van der Waals surface area contributed by atoms with Crippen LogP contribution in [0.15, 0.2) is 82.5 Å². The number of amides is 1. The lowest BCUT2D eigenvalue weighted by Gasteiger charge is -2.24. The van der Waals surface area contributed by atoms with Crippen molar-refractivity contribution in [3.63, 3.8) is 0 Å². The molecular formula is C23H16Cl2N4O4. The van der Waals surface area contributed by atoms with E-state index in [1.165, 1.54) is 17.0 Å². The van der Waals surface area contributed by atoms with E-state index in [1.54, 1.807) is 54.6 Å². The maximum absolute atomic E-state index is 13.3. The third-order valence-corrected chi connectivity index (χ3v) is 5.32. The van der Waals surface area contributed by atoms with Gasteiger partial charge in [-0.2, -0.15) is 9.78 Å². The molecule has 0 fully saturated rings. The van der Waals surface area contributed by atoms with Crippen LogP contribution >= 0.6 is 23.2 Å². The Labute approximate surface area is 197 Å². The number of nitrogens with one attached hydrogen (secondary N) is 1. The van der Waals surface area contributed by atoms with E-state index in [2.05, 4.69) is 10.1 Å². The van der Waals surface area contributed by atoms with Crippen LogP contribution in [0.1, 0.15) is 5.56 Å². The fourth-order valence-corrected chi connectivity index (χ4v) is 3.68. The van der Waals surface area contributed by atoms with Gasteiger partial charge in [0.1, 0.15) is 11.9 Å². The standard InChI is InChI=1S/C23H16Cl2N4O4/c24-15-6-8-16(9-7-15)28(19-3-1-2-4-20(19)30)22(32)12-14-5-10-18(17(25)11-14)29-23(33)27-21(31)13-26-29/h1-11,13,30H,12H2,(H,27,31,33). The first-order chi connectivity index (χ1) is 15.8. The van der Waals surface area contributed by atoms with Crippen LogP contribution in [0.4, 0.5) is 11.4 Å². The van der Waals surface area contributed by atoms with E-state index in [0.29, 0.717) is 22.0 Å². The van der Waals surface area contributed by atoms with Gasteiger partial charge in [0, 0.05) is 10.7 Å². The predicted molar refractivity (Wildman–Crippen MR) is 126 cm³/mol. The summed E-state index contributed by atoms with van der Waals surface area (Å²) in [4.78, 5) is 40.1. The Balaban J connectivity index is 1.68. The third-order valence-electron chi connectivity index (χ3n) is 4.77. The van der Waals surface area contributed by atoms with Crippen molar-refractivity contribution in [3.8, 4) is 11.4 Å². The van der Waals surface area contributed by atoms with Crippen LogP contribution < -0.4 is 16.1 Å². The van der Waals surface area contributed by atoms with Gasteiger partial charge in [-0.15, -0.1) is 0 Å². The average molecular weight is 483 g/mol. The fourth-order valence-electron chi connectivity index (χ4n) is 3.27. The van der Waals surface area contributed by atoms with E-state index in [1.807, 2.05) is 0 Å². The Morgan fingerprint density at radius 1 is 1.03 bits per heavy atom. The van der Waals surface area contributed by atoms with Gasteiger partial charge in [0.15, 0.2) is 0 Å². The monoisotopic (exact) mass is 482 g/mol. The van der Waals surface area contributed by atoms with E-state index in [9.17, 15) is 19.5 Å². The van der Waals surface area contributed by atoms with E-state index in [0.717, 1.165) is 10.9 Å². The van der Waals surface area contributed by atoms with E-state index in [-0.39, 0.29) is 28.8 Å². The second-order valence-corrected chi connectivity index (χ2v) is 7.85. The lowest BCUT2D eigenvalue weighted by molar-refractivity contribution is -0.117. The highest BCUT2D eigenvalue weighted by molar-refractivity contribution is 6.32. The van der Waals surface area contributed by atoms with Crippen molar-refractivity contribution in [2.45, 2.75) is 6.42 Å². The first-order valence-corrected chi connectivity index (χ1v) is 10.4. The topological polar surface area (TPSA) is 108 Å². The number of hydrogen-bond donors (Lipinski definition) is 2. The highest BCUT2D eigenvalue weighted by Crippen LogP contribution is 2.34. The minimum Gasteiger partial charge on any atom is -0.506 e. The summed E-state index contributed by atoms with van der Waals surface area (Å²) >= 11 is 12.3. The molecule has 0 spiro atoms. The minimum absolute atomic E-state index is 0.0507. The second-order valence-electron chi connectivity index (χ2n) is 7.01. The molecule has 4 rings (SSSR count). The number of aromatic nitrogens is 3. The van der Waals surface area contributed by atoms with Crippen molar-refractivity contribution in [2.24, 2.45) is 0 Å². The minimum atomic E-state index is -0.735. The molecule has 0 saturated heterocycles. The summed E-state index contributed by atoms with van der Waals surface area (Å²) in [5.41, 5.74) is 0.307. The first kappa shape index (κ1) is 22.3. The molecule has 1 aromatic heterocycles. The number of hydrogen-bond acceptors (Lipinski definition) is 5. The Bertz CT molecular complexity index is 1450. The molecular weight excluding hydrogens is 467 g/mol. The van der Waals surface area contributed by atoms with E-state index >= 15 is 0 Å². The molecule has 1 heterocycles. The van der Waals surface area contributed by atoms with Gasteiger partial charge in [-0.1, -0.05) is 41.4 Å². The number of phenolic OH excluding ortho intramolecular Hbond substituents is 1. The van der Waals surface area contributed by atoms with Crippen LogP contribution in [0.5, 0.6) is 5.75 Å². The molecule has 33 heavy (non-hydrogen) atoms. The molecule has 0 aliphatic rings. The Morgan fingerprint density at radius 3 is 2.42 bits per heavy atom. The third kappa shape index (κ3) is 4.82. The van der Waals surface area contributed by atoms with Crippen molar-refractivity contribution < 1.29 is 9.90 Å². The van der Waals surface area contributed by atoms with E-state index in [4.69, 9.17) is 23.2 Å². The van der Waals surface area contributed by atoms with Crippen LogP contribution in [0.3, 0.4) is 0 Å². The van der Waals surface area contributed by atoms with Crippen molar-refractivity contribution in [2.75, 3.05) is 4.90 Å². The van der Waals surface area contributed by atoms with E-state index < -0.39 is 11.2 Å². The largest absolute Gasteiger partial charge is 0.506 e. The van der Waals surface area contributed by atoms with Gasteiger partial charge < -0.3 is 5.11 Å². The molecule has 166 valence electrons. The maximum Gasteiger partial charge on any atom is 0.349 e. The zero-order valence-electron chi connectivity index (χ0n) is 16.9. The quantitative estimate of drug-likeness (QED) is 0.449. The number of aromatic hydroxyl groups is 1. The van der Waals surface area contributed by atoms with Crippen molar-refractivity contribution in [1.29, 1.82) is 0 Å². The van der Waals surface area contributed by atoms with Crippen LogP contribution in [0.25, 0.3) is 5.69 Å². The molecule has 0 aliphatic heterocycles. The van der Waals surface area contributed by atoms with Gasteiger partial charge in [0.05, 0.1) is 22.8 Å². The maximum atomic E-state index is 13.3. The molecule has 0 bridgehead atoms. The molecule has 0 unspecified atom stereocenters. The number of anilines is 2. The first-order valence-electron chi connectivity index (χ1n) is 9.67. The molecule has 3 aromatic carbocycles. The van der Waals surface area contributed by atoms with Crippen LogP contribution in [-0.2, 0) is 11.2 Å². The summed E-state index contributed by atoms with van der Waals surface area (Å²) in [7, 11) is 0. The zero-order valence-corrected chi connectivity index (χ0v) is 18.4. The number of carbonyl (C=O) groups excluding carboxylic acids is 1. The molecule has 10 heteroatoms. The highest BCUT2D eigenvalue weighted by Gasteiger charge is 2.21. The predicted octanol–water partition coefficient (Wildman–Crippen LogP) is 3.84. The number of rotatable bonds is 5. The molecule has 1 amide bonds. The van der Waals surface area contributed by atoms with Crippen molar-refractivity contribution in [3.05, 3.63) is 109 Å². The lowest BCUT2D eigenvalue weighted by Crippen LogP contribution is -2.30. The lowest BCUT2D eigenvalue weighted by atomic mass is 10.1. The second kappa shape index (κ2) is 9.32. The Hall–Kier alpha value is -3.88. The number of nitrogens with zero attached hydrogens (tertiary/aromatic N) is 3. The average Bonchev–Trinajstić information content (AvgIpc) is 2.77. The molecule has 8 nitrogen and oxygen atoms in total.